The minimum Gasteiger partial charge on any atom is -0.472 e. The van der Waals surface area contributed by atoms with Crippen LogP contribution in [-0.2, 0) is 0 Å². The van der Waals surface area contributed by atoms with Crippen LogP contribution < -0.4 is 5.32 Å². The molecule has 0 spiro atoms. The van der Waals surface area contributed by atoms with E-state index in [1.54, 1.807) is 30.0 Å². The SMILES string of the molecule is O=C(Nc1cccc(-c2ncn[nH]2)c1)c1csc(-c2ccoc2)n1. The van der Waals surface area contributed by atoms with Crippen LogP contribution in [0.4, 0.5) is 5.69 Å². The highest BCUT2D eigenvalue weighted by Crippen LogP contribution is 2.25. The van der Waals surface area contributed by atoms with Crippen molar-refractivity contribution in [2.24, 2.45) is 0 Å². The molecule has 0 atom stereocenters. The van der Waals surface area contributed by atoms with Crippen LogP contribution in [0.15, 0.2) is 59.0 Å². The first-order valence-electron chi connectivity index (χ1n) is 7.05. The third kappa shape index (κ3) is 2.82. The van der Waals surface area contributed by atoms with E-state index in [0.717, 1.165) is 16.1 Å². The summed E-state index contributed by atoms with van der Waals surface area (Å²) in [5.41, 5.74) is 2.71. The molecule has 0 fully saturated rings. The summed E-state index contributed by atoms with van der Waals surface area (Å²) in [6.45, 7) is 0. The number of carbonyl (C=O) groups is 1. The summed E-state index contributed by atoms with van der Waals surface area (Å²) in [4.78, 5) is 20.8. The Labute approximate surface area is 140 Å². The van der Waals surface area contributed by atoms with Gasteiger partial charge in [-0.05, 0) is 18.2 Å². The number of anilines is 1. The van der Waals surface area contributed by atoms with E-state index in [2.05, 4.69) is 25.5 Å². The van der Waals surface area contributed by atoms with Crippen LogP contribution in [0.5, 0.6) is 0 Å². The number of nitrogens with one attached hydrogen (secondary N) is 2. The summed E-state index contributed by atoms with van der Waals surface area (Å²) < 4.78 is 5.03. The van der Waals surface area contributed by atoms with Gasteiger partial charge in [0.05, 0.1) is 6.26 Å². The Balaban J connectivity index is 1.53. The number of aromatic nitrogens is 4. The van der Waals surface area contributed by atoms with Gasteiger partial charge in [-0.3, -0.25) is 9.89 Å². The number of amides is 1. The molecule has 1 amide bonds. The predicted molar refractivity (Wildman–Crippen MR) is 89.6 cm³/mol. The number of hydrogen-bond donors (Lipinski definition) is 2. The van der Waals surface area contributed by atoms with Crippen LogP contribution in [-0.4, -0.2) is 26.1 Å². The van der Waals surface area contributed by atoms with Crippen molar-refractivity contribution < 1.29 is 9.21 Å². The minimum atomic E-state index is -0.268. The zero-order valence-corrected chi connectivity index (χ0v) is 13.1. The predicted octanol–water partition coefficient (Wildman–Crippen LogP) is 3.44. The van der Waals surface area contributed by atoms with Gasteiger partial charge < -0.3 is 9.73 Å². The molecule has 4 aromatic rings. The lowest BCUT2D eigenvalue weighted by atomic mass is 10.2. The summed E-state index contributed by atoms with van der Waals surface area (Å²) >= 11 is 1.39. The molecule has 0 saturated heterocycles. The van der Waals surface area contributed by atoms with Crippen molar-refractivity contribution in [2.45, 2.75) is 0 Å². The number of benzene rings is 1. The Morgan fingerprint density at radius 1 is 1.25 bits per heavy atom. The van der Waals surface area contributed by atoms with Gasteiger partial charge >= 0.3 is 0 Å². The lowest BCUT2D eigenvalue weighted by molar-refractivity contribution is 0.102. The molecule has 0 radical (unpaired) electrons. The highest BCUT2D eigenvalue weighted by Gasteiger charge is 2.13. The van der Waals surface area contributed by atoms with E-state index in [9.17, 15) is 4.79 Å². The van der Waals surface area contributed by atoms with Crippen LogP contribution in [0.1, 0.15) is 10.5 Å². The zero-order chi connectivity index (χ0) is 16.4. The molecule has 3 heterocycles. The minimum absolute atomic E-state index is 0.268. The highest BCUT2D eigenvalue weighted by atomic mass is 32.1. The molecule has 8 heteroatoms. The maximum atomic E-state index is 12.4. The van der Waals surface area contributed by atoms with Crippen molar-refractivity contribution in [3.63, 3.8) is 0 Å². The van der Waals surface area contributed by atoms with Gasteiger partial charge in [-0.2, -0.15) is 5.10 Å². The second-order valence-electron chi connectivity index (χ2n) is 4.92. The molecule has 24 heavy (non-hydrogen) atoms. The second kappa shape index (κ2) is 6.09. The van der Waals surface area contributed by atoms with E-state index < -0.39 is 0 Å². The van der Waals surface area contributed by atoms with E-state index in [1.165, 1.54) is 17.7 Å². The lowest BCUT2D eigenvalue weighted by Crippen LogP contribution is -2.12. The average Bonchev–Trinajstić information content (AvgIpc) is 3.36. The lowest BCUT2D eigenvalue weighted by Gasteiger charge is -2.04. The van der Waals surface area contributed by atoms with Crippen molar-refractivity contribution in [3.05, 3.63) is 60.3 Å². The number of nitrogens with zero attached hydrogens (tertiary/aromatic N) is 3. The Bertz CT molecular complexity index is 960. The van der Waals surface area contributed by atoms with E-state index in [4.69, 9.17) is 4.42 Å². The molecule has 0 aliphatic carbocycles. The quantitative estimate of drug-likeness (QED) is 0.594. The number of rotatable bonds is 4. The number of carbonyl (C=O) groups excluding carboxylic acids is 1. The summed E-state index contributed by atoms with van der Waals surface area (Å²) in [5.74, 6) is 0.373. The smallest absolute Gasteiger partial charge is 0.275 e. The molecule has 3 aromatic heterocycles. The van der Waals surface area contributed by atoms with Gasteiger partial charge in [0.1, 0.15) is 23.3 Å². The average molecular weight is 337 g/mol. The maximum Gasteiger partial charge on any atom is 0.275 e. The van der Waals surface area contributed by atoms with E-state index >= 15 is 0 Å². The molecule has 0 saturated carbocycles. The molecule has 1 aromatic carbocycles. The van der Waals surface area contributed by atoms with Crippen molar-refractivity contribution in [3.8, 4) is 22.0 Å². The number of hydrogen-bond acceptors (Lipinski definition) is 6. The van der Waals surface area contributed by atoms with Gasteiger partial charge in [-0.25, -0.2) is 9.97 Å². The van der Waals surface area contributed by atoms with Gasteiger partial charge in [0, 0.05) is 22.2 Å². The number of furan rings is 1. The highest BCUT2D eigenvalue weighted by molar-refractivity contribution is 7.13. The van der Waals surface area contributed by atoms with Crippen LogP contribution in [0.2, 0.25) is 0 Å². The number of thiazole rings is 1. The van der Waals surface area contributed by atoms with Gasteiger partial charge in [-0.1, -0.05) is 12.1 Å². The van der Waals surface area contributed by atoms with E-state index in [0.29, 0.717) is 17.2 Å². The van der Waals surface area contributed by atoms with Crippen molar-refractivity contribution in [2.75, 3.05) is 5.32 Å². The molecule has 4 rings (SSSR count). The number of H-pyrrole nitrogens is 1. The monoisotopic (exact) mass is 337 g/mol. The van der Waals surface area contributed by atoms with Crippen molar-refractivity contribution in [1.82, 2.24) is 20.2 Å². The van der Waals surface area contributed by atoms with Crippen LogP contribution in [0.25, 0.3) is 22.0 Å². The van der Waals surface area contributed by atoms with Gasteiger partial charge in [0.25, 0.3) is 5.91 Å². The molecular weight excluding hydrogens is 326 g/mol. The Kier molecular flexibility index (Phi) is 3.64. The van der Waals surface area contributed by atoms with Crippen LogP contribution in [0, 0.1) is 0 Å². The van der Waals surface area contributed by atoms with Crippen LogP contribution in [0.3, 0.4) is 0 Å². The third-order valence-electron chi connectivity index (χ3n) is 3.31. The molecule has 0 unspecified atom stereocenters. The van der Waals surface area contributed by atoms with Gasteiger partial charge in [0.15, 0.2) is 5.82 Å². The standard InChI is InChI=1S/C16H11N5O2S/c22-15(13-8-24-16(20-13)11-4-5-23-7-11)19-12-3-1-2-10(6-12)14-17-9-18-21-14/h1-9H,(H,19,22)(H,17,18,21). The fraction of sp³-hybridized carbons (Fsp3) is 0. The Morgan fingerprint density at radius 2 is 2.21 bits per heavy atom. The molecule has 118 valence electrons. The topological polar surface area (TPSA) is 96.7 Å². The first-order valence-corrected chi connectivity index (χ1v) is 7.93. The summed E-state index contributed by atoms with van der Waals surface area (Å²) in [6.07, 6.45) is 4.61. The van der Waals surface area contributed by atoms with Gasteiger partial charge in [0.2, 0.25) is 0 Å². The summed E-state index contributed by atoms with van der Waals surface area (Å²) in [6, 6.07) is 9.16. The molecule has 0 bridgehead atoms. The normalized spacial score (nSPS) is 10.7. The van der Waals surface area contributed by atoms with E-state index in [-0.39, 0.29) is 5.91 Å². The molecular formula is C16H11N5O2S. The van der Waals surface area contributed by atoms with Crippen molar-refractivity contribution >= 4 is 22.9 Å². The summed E-state index contributed by atoms with van der Waals surface area (Å²) in [7, 11) is 0. The third-order valence-corrected chi connectivity index (χ3v) is 4.21. The van der Waals surface area contributed by atoms with Gasteiger partial charge in [-0.15, -0.1) is 11.3 Å². The molecule has 7 nitrogen and oxygen atoms in total. The first-order chi connectivity index (χ1) is 11.8. The first kappa shape index (κ1) is 14.3. The second-order valence-corrected chi connectivity index (χ2v) is 5.78. The largest absolute Gasteiger partial charge is 0.472 e. The Morgan fingerprint density at radius 3 is 3.00 bits per heavy atom. The fourth-order valence-corrected chi connectivity index (χ4v) is 2.97. The van der Waals surface area contributed by atoms with Crippen molar-refractivity contribution in [1.29, 1.82) is 0 Å². The van der Waals surface area contributed by atoms with Crippen LogP contribution >= 0.6 is 11.3 Å². The molecule has 2 N–H and O–H groups in total. The maximum absolute atomic E-state index is 12.4. The number of aromatic amines is 1. The summed E-state index contributed by atoms with van der Waals surface area (Å²) in [5, 5.41) is 11.9. The Hall–Kier alpha value is -3.26. The molecule has 0 aliphatic heterocycles. The zero-order valence-electron chi connectivity index (χ0n) is 12.3. The van der Waals surface area contributed by atoms with E-state index in [1.807, 2.05) is 18.2 Å². The fourth-order valence-electron chi connectivity index (χ4n) is 2.18. The molecule has 0 aliphatic rings.